The molecule has 96 valence electrons. The van der Waals surface area contributed by atoms with Gasteiger partial charge < -0.3 is 14.5 Å². The fraction of sp³-hybridized carbons (Fsp3) is 0.750. The summed E-state index contributed by atoms with van der Waals surface area (Å²) in [4.78, 5) is 18.3. The first-order chi connectivity index (χ1) is 7.99. The Labute approximate surface area is 103 Å². The van der Waals surface area contributed by atoms with Gasteiger partial charge in [0.15, 0.2) is 6.23 Å². The van der Waals surface area contributed by atoms with Crippen LogP contribution in [0.1, 0.15) is 13.8 Å². The third-order valence-electron chi connectivity index (χ3n) is 3.52. The van der Waals surface area contributed by atoms with Gasteiger partial charge in [0.2, 0.25) is 0 Å². The van der Waals surface area contributed by atoms with Gasteiger partial charge in [0, 0.05) is 31.5 Å². The summed E-state index contributed by atoms with van der Waals surface area (Å²) >= 11 is 0. The van der Waals surface area contributed by atoms with Gasteiger partial charge in [-0.05, 0) is 27.9 Å². The van der Waals surface area contributed by atoms with Gasteiger partial charge in [-0.3, -0.25) is 4.90 Å². The van der Waals surface area contributed by atoms with Crippen LogP contribution >= 0.6 is 0 Å². The van der Waals surface area contributed by atoms with Crippen molar-refractivity contribution in [3.63, 3.8) is 0 Å². The molecule has 2 unspecified atom stereocenters. The molecular weight excluding hydrogens is 218 g/mol. The number of carbonyl (C=O) groups is 1. The minimum Gasteiger partial charge on any atom is -0.445 e. The molecule has 1 fully saturated rings. The van der Waals surface area contributed by atoms with E-state index in [1.54, 1.807) is 0 Å². The van der Waals surface area contributed by atoms with Gasteiger partial charge in [-0.1, -0.05) is 0 Å². The van der Waals surface area contributed by atoms with Gasteiger partial charge in [0.25, 0.3) is 0 Å². The predicted octanol–water partition coefficient (Wildman–Crippen LogP) is 0.298. The molecule has 0 aromatic heterocycles. The first-order valence-corrected chi connectivity index (χ1v) is 6.05. The van der Waals surface area contributed by atoms with Crippen LogP contribution in [-0.4, -0.2) is 66.7 Å². The summed E-state index contributed by atoms with van der Waals surface area (Å²) < 4.78 is 5.44. The van der Waals surface area contributed by atoms with Crippen LogP contribution in [0.3, 0.4) is 0 Å². The maximum absolute atomic E-state index is 12.1. The zero-order chi connectivity index (χ0) is 12.6. The van der Waals surface area contributed by atoms with Crippen molar-refractivity contribution < 1.29 is 9.53 Å². The third-order valence-corrected chi connectivity index (χ3v) is 3.52. The highest BCUT2D eigenvalue weighted by Gasteiger charge is 2.37. The van der Waals surface area contributed by atoms with Crippen molar-refractivity contribution in [2.75, 3.05) is 33.7 Å². The van der Waals surface area contributed by atoms with Crippen LogP contribution in [0.4, 0.5) is 0 Å². The van der Waals surface area contributed by atoms with E-state index in [0.29, 0.717) is 0 Å². The normalized spacial score (nSPS) is 25.0. The second-order valence-corrected chi connectivity index (χ2v) is 4.97. The highest BCUT2D eigenvalue weighted by molar-refractivity contribution is 5.77. The number of fused-ring (bicyclic) bond motifs is 2. The molecule has 0 spiro atoms. The second-order valence-electron chi connectivity index (χ2n) is 4.97. The average Bonchev–Trinajstić information content (AvgIpc) is 2.28. The number of esters is 1. The SMILES string of the molecule is CC1=CN2CCN1C(C(=O)OC(C)N(C)C)C2. The number of carbonyl (C=O) groups excluding carboxylic acids is 1. The fourth-order valence-corrected chi connectivity index (χ4v) is 2.24. The lowest BCUT2D eigenvalue weighted by molar-refractivity contribution is -0.163. The Bertz CT molecular complexity index is 341. The lowest BCUT2D eigenvalue weighted by atomic mass is 10.1. The van der Waals surface area contributed by atoms with Gasteiger partial charge in [-0.25, -0.2) is 4.79 Å². The molecule has 3 heterocycles. The van der Waals surface area contributed by atoms with Gasteiger partial charge in [0.1, 0.15) is 6.04 Å². The van der Waals surface area contributed by atoms with Crippen molar-refractivity contribution in [2.24, 2.45) is 0 Å². The highest BCUT2D eigenvalue weighted by atomic mass is 16.6. The second kappa shape index (κ2) is 4.56. The molecule has 3 aliphatic rings. The van der Waals surface area contributed by atoms with E-state index in [1.807, 2.05) is 32.8 Å². The van der Waals surface area contributed by atoms with Crippen molar-refractivity contribution in [1.29, 1.82) is 0 Å². The van der Waals surface area contributed by atoms with Crippen LogP contribution in [0.2, 0.25) is 0 Å². The molecule has 2 atom stereocenters. The lowest BCUT2D eigenvalue weighted by Crippen LogP contribution is -2.58. The summed E-state index contributed by atoms with van der Waals surface area (Å²) in [5, 5.41) is 0. The monoisotopic (exact) mass is 239 g/mol. The molecular formula is C12H21N3O2. The molecule has 0 radical (unpaired) electrons. The van der Waals surface area contributed by atoms with E-state index in [2.05, 4.69) is 16.0 Å². The maximum Gasteiger partial charge on any atom is 0.332 e. The Hall–Kier alpha value is -1.23. The first-order valence-electron chi connectivity index (χ1n) is 6.05. The topological polar surface area (TPSA) is 36.0 Å². The number of allylic oxidation sites excluding steroid dienone is 1. The molecule has 0 aromatic carbocycles. The molecule has 0 saturated carbocycles. The number of hydrogen-bond donors (Lipinski definition) is 0. The van der Waals surface area contributed by atoms with E-state index in [-0.39, 0.29) is 18.2 Å². The Balaban J connectivity index is 2.00. The van der Waals surface area contributed by atoms with E-state index < -0.39 is 0 Å². The smallest absolute Gasteiger partial charge is 0.332 e. The largest absolute Gasteiger partial charge is 0.445 e. The minimum absolute atomic E-state index is 0.122. The Morgan fingerprint density at radius 3 is 2.76 bits per heavy atom. The molecule has 3 aliphatic heterocycles. The standard InChI is InChI=1S/C12H21N3O2/c1-9-7-14-5-6-15(9)11(8-14)12(16)17-10(2)13(3)4/h7,10-11H,5-6,8H2,1-4H3. The number of piperazine rings is 1. The summed E-state index contributed by atoms with van der Waals surface area (Å²) in [5.74, 6) is -0.122. The lowest BCUT2D eigenvalue weighted by Gasteiger charge is -2.46. The fourth-order valence-electron chi connectivity index (χ4n) is 2.24. The Morgan fingerprint density at radius 1 is 1.53 bits per heavy atom. The Morgan fingerprint density at radius 2 is 2.24 bits per heavy atom. The summed E-state index contributed by atoms with van der Waals surface area (Å²) in [6.45, 7) is 6.59. The van der Waals surface area contributed by atoms with Crippen molar-refractivity contribution in [1.82, 2.24) is 14.7 Å². The van der Waals surface area contributed by atoms with Crippen LogP contribution in [0.25, 0.3) is 0 Å². The summed E-state index contributed by atoms with van der Waals surface area (Å²) in [5.41, 5.74) is 1.15. The third kappa shape index (κ3) is 2.39. The molecule has 0 aliphatic carbocycles. The molecule has 0 amide bonds. The number of ether oxygens (including phenoxy) is 1. The summed E-state index contributed by atoms with van der Waals surface area (Å²) in [7, 11) is 3.81. The highest BCUT2D eigenvalue weighted by Crippen LogP contribution is 2.23. The van der Waals surface area contributed by atoms with Crippen molar-refractivity contribution in [3.8, 4) is 0 Å². The number of nitrogens with zero attached hydrogens (tertiary/aromatic N) is 3. The molecule has 0 N–H and O–H groups in total. The van der Waals surface area contributed by atoms with Gasteiger partial charge >= 0.3 is 5.97 Å². The molecule has 0 aromatic rings. The molecule has 17 heavy (non-hydrogen) atoms. The molecule has 2 bridgehead atoms. The Kier molecular flexibility index (Phi) is 3.28. The van der Waals surface area contributed by atoms with Crippen LogP contribution in [0.15, 0.2) is 11.9 Å². The van der Waals surface area contributed by atoms with Gasteiger partial charge in [-0.2, -0.15) is 0 Å². The summed E-state index contributed by atoms with van der Waals surface area (Å²) in [6.07, 6.45) is 1.94. The van der Waals surface area contributed by atoms with Crippen LogP contribution in [0, 0.1) is 0 Å². The van der Waals surface area contributed by atoms with Crippen LogP contribution in [0.5, 0.6) is 0 Å². The van der Waals surface area contributed by atoms with Crippen molar-refractivity contribution in [3.05, 3.63) is 11.9 Å². The number of hydrogen-bond acceptors (Lipinski definition) is 5. The molecule has 5 nitrogen and oxygen atoms in total. The van der Waals surface area contributed by atoms with E-state index >= 15 is 0 Å². The van der Waals surface area contributed by atoms with Gasteiger partial charge in [-0.15, -0.1) is 0 Å². The average molecular weight is 239 g/mol. The van der Waals surface area contributed by atoms with E-state index in [4.69, 9.17) is 4.74 Å². The van der Waals surface area contributed by atoms with Crippen molar-refractivity contribution >= 4 is 5.97 Å². The molecule has 1 saturated heterocycles. The number of rotatable bonds is 3. The predicted molar refractivity (Wildman–Crippen MR) is 65.1 cm³/mol. The molecule has 3 rings (SSSR count). The maximum atomic E-state index is 12.1. The summed E-state index contributed by atoms with van der Waals surface area (Å²) in [6, 6.07) is -0.142. The molecule has 5 heteroatoms. The van der Waals surface area contributed by atoms with Gasteiger partial charge in [0.05, 0.1) is 0 Å². The zero-order valence-corrected chi connectivity index (χ0v) is 11.0. The van der Waals surface area contributed by atoms with Crippen LogP contribution < -0.4 is 0 Å². The van der Waals surface area contributed by atoms with Crippen molar-refractivity contribution in [2.45, 2.75) is 26.1 Å². The van der Waals surface area contributed by atoms with E-state index in [9.17, 15) is 4.79 Å². The van der Waals surface area contributed by atoms with E-state index in [0.717, 1.165) is 25.3 Å². The first kappa shape index (κ1) is 12.2. The minimum atomic E-state index is -0.177. The van der Waals surface area contributed by atoms with Crippen LogP contribution in [-0.2, 0) is 9.53 Å². The van der Waals surface area contributed by atoms with E-state index in [1.165, 1.54) is 0 Å². The quantitative estimate of drug-likeness (QED) is 0.523. The zero-order valence-electron chi connectivity index (χ0n) is 11.0.